The summed E-state index contributed by atoms with van der Waals surface area (Å²) in [4.78, 5) is 17.3. The Hall–Kier alpha value is -3.40. The molecule has 2 aromatic carbocycles. The Morgan fingerprint density at radius 2 is 2.07 bits per heavy atom. The second-order valence-electron chi connectivity index (χ2n) is 7.96. The second kappa shape index (κ2) is 8.54. The molecule has 30 heavy (non-hydrogen) atoms. The van der Waals surface area contributed by atoms with Gasteiger partial charge in [0.1, 0.15) is 5.82 Å². The standard InChI is InChI=1S/C23H23FN4O2/c24-19-6-1-2-7-21(19)28(23(29)30)14-18-5-3-4-17(10-18)13-27-15-26-20-9-8-16(12-25)11-22(20)27/h1-2,6-9,11,15,17-18H,3-5,10,13-14H2,(H,29,30). The van der Waals surface area contributed by atoms with Crippen LogP contribution >= 0.6 is 0 Å². The predicted octanol–water partition coefficient (Wildman–Crippen LogP) is 5.04. The molecule has 1 N–H and O–H groups in total. The maximum absolute atomic E-state index is 14.2. The largest absolute Gasteiger partial charge is 0.465 e. The predicted molar refractivity (Wildman–Crippen MR) is 112 cm³/mol. The van der Waals surface area contributed by atoms with E-state index in [2.05, 4.69) is 15.6 Å². The van der Waals surface area contributed by atoms with E-state index >= 15 is 0 Å². The fraction of sp³-hybridized carbons (Fsp3) is 0.348. The normalized spacial score (nSPS) is 18.8. The fourth-order valence-corrected chi connectivity index (χ4v) is 4.49. The molecule has 6 nitrogen and oxygen atoms in total. The zero-order valence-corrected chi connectivity index (χ0v) is 16.5. The molecule has 154 valence electrons. The molecule has 1 amide bonds. The van der Waals surface area contributed by atoms with Crippen LogP contribution < -0.4 is 4.90 Å². The highest BCUT2D eigenvalue weighted by atomic mass is 19.1. The number of carboxylic acid groups (broad SMARTS) is 1. The molecular formula is C23H23FN4O2. The number of aromatic nitrogens is 2. The number of carbonyl (C=O) groups is 1. The van der Waals surface area contributed by atoms with E-state index in [4.69, 9.17) is 5.26 Å². The molecule has 1 aliphatic carbocycles. The molecule has 1 saturated carbocycles. The smallest absolute Gasteiger partial charge is 0.411 e. The van der Waals surface area contributed by atoms with Crippen molar-refractivity contribution in [2.45, 2.75) is 32.2 Å². The van der Waals surface area contributed by atoms with Gasteiger partial charge in [-0.1, -0.05) is 18.6 Å². The van der Waals surface area contributed by atoms with Gasteiger partial charge in [-0.15, -0.1) is 0 Å². The summed E-state index contributed by atoms with van der Waals surface area (Å²) in [6, 6.07) is 13.6. The van der Waals surface area contributed by atoms with E-state index in [1.165, 1.54) is 12.1 Å². The molecule has 0 saturated heterocycles. The van der Waals surface area contributed by atoms with Crippen LogP contribution in [0, 0.1) is 29.0 Å². The molecule has 4 rings (SSSR count). The Kier molecular flexibility index (Phi) is 5.66. The number of para-hydroxylation sites is 1. The zero-order chi connectivity index (χ0) is 21.1. The Labute approximate surface area is 174 Å². The Balaban J connectivity index is 1.48. The van der Waals surface area contributed by atoms with Gasteiger partial charge in [-0.05, 0) is 61.4 Å². The van der Waals surface area contributed by atoms with Crippen LogP contribution in [-0.2, 0) is 6.54 Å². The van der Waals surface area contributed by atoms with Gasteiger partial charge in [-0.2, -0.15) is 5.26 Å². The molecular weight excluding hydrogens is 383 g/mol. The SMILES string of the molecule is N#Cc1ccc2ncn(CC3CCCC(CN(C(=O)O)c4ccccc4F)C3)c2c1. The quantitative estimate of drug-likeness (QED) is 0.644. The summed E-state index contributed by atoms with van der Waals surface area (Å²) < 4.78 is 16.2. The van der Waals surface area contributed by atoms with Gasteiger partial charge >= 0.3 is 6.09 Å². The van der Waals surface area contributed by atoms with E-state index in [1.54, 1.807) is 24.5 Å². The van der Waals surface area contributed by atoms with E-state index in [0.29, 0.717) is 11.5 Å². The van der Waals surface area contributed by atoms with E-state index in [9.17, 15) is 14.3 Å². The van der Waals surface area contributed by atoms with Gasteiger partial charge in [-0.25, -0.2) is 14.2 Å². The van der Waals surface area contributed by atoms with E-state index in [-0.39, 0.29) is 18.2 Å². The maximum Gasteiger partial charge on any atom is 0.411 e. The van der Waals surface area contributed by atoms with Gasteiger partial charge in [0.25, 0.3) is 0 Å². The lowest BCUT2D eigenvalue weighted by molar-refractivity contribution is 0.195. The number of benzene rings is 2. The van der Waals surface area contributed by atoms with Crippen molar-refractivity contribution in [3.05, 3.63) is 60.2 Å². The van der Waals surface area contributed by atoms with Crippen molar-refractivity contribution in [2.24, 2.45) is 11.8 Å². The van der Waals surface area contributed by atoms with Crippen LogP contribution in [0.5, 0.6) is 0 Å². The molecule has 1 aromatic heterocycles. The molecule has 2 atom stereocenters. The van der Waals surface area contributed by atoms with Crippen LogP contribution in [-0.4, -0.2) is 27.3 Å². The molecule has 1 heterocycles. The number of hydrogen-bond acceptors (Lipinski definition) is 3. The van der Waals surface area contributed by atoms with Crippen LogP contribution in [0.25, 0.3) is 11.0 Å². The molecule has 2 unspecified atom stereocenters. The third-order valence-electron chi connectivity index (χ3n) is 5.91. The summed E-state index contributed by atoms with van der Waals surface area (Å²) in [6.07, 6.45) is 4.54. The summed E-state index contributed by atoms with van der Waals surface area (Å²) in [5.41, 5.74) is 2.51. The molecule has 0 bridgehead atoms. The maximum atomic E-state index is 14.2. The number of nitriles is 1. The van der Waals surface area contributed by atoms with Crippen LogP contribution in [0.3, 0.4) is 0 Å². The first-order valence-electron chi connectivity index (χ1n) is 10.1. The topological polar surface area (TPSA) is 82.2 Å². The second-order valence-corrected chi connectivity index (χ2v) is 7.96. The van der Waals surface area contributed by atoms with E-state index < -0.39 is 11.9 Å². The van der Waals surface area contributed by atoms with Crippen LogP contribution in [0.1, 0.15) is 31.2 Å². The monoisotopic (exact) mass is 406 g/mol. The minimum Gasteiger partial charge on any atom is -0.465 e. The molecule has 0 spiro atoms. The van der Waals surface area contributed by atoms with Crippen LogP contribution in [0.2, 0.25) is 0 Å². The lowest BCUT2D eigenvalue weighted by Crippen LogP contribution is -2.37. The van der Waals surface area contributed by atoms with Crippen molar-refractivity contribution in [3.8, 4) is 6.07 Å². The van der Waals surface area contributed by atoms with Gasteiger partial charge in [0.05, 0.1) is 34.7 Å². The minimum absolute atomic E-state index is 0.108. The summed E-state index contributed by atoms with van der Waals surface area (Å²) >= 11 is 0. The van der Waals surface area contributed by atoms with Crippen molar-refractivity contribution in [1.82, 2.24) is 9.55 Å². The van der Waals surface area contributed by atoms with E-state index in [0.717, 1.165) is 48.2 Å². The Morgan fingerprint density at radius 3 is 2.83 bits per heavy atom. The first-order chi connectivity index (χ1) is 14.5. The number of halogens is 1. The number of rotatable bonds is 5. The zero-order valence-electron chi connectivity index (χ0n) is 16.5. The lowest BCUT2D eigenvalue weighted by atomic mass is 9.81. The van der Waals surface area contributed by atoms with Gasteiger partial charge in [-0.3, -0.25) is 4.90 Å². The van der Waals surface area contributed by atoms with Crippen molar-refractivity contribution >= 4 is 22.8 Å². The van der Waals surface area contributed by atoms with Gasteiger partial charge in [0, 0.05) is 13.1 Å². The molecule has 0 radical (unpaired) electrons. The summed E-state index contributed by atoms with van der Waals surface area (Å²) in [6.45, 7) is 1.06. The molecule has 1 fully saturated rings. The van der Waals surface area contributed by atoms with E-state index in [1.807, 2.05) is 12.1 Å². The van der Waals surface area contributed by atoms with Gasteiger partial charge in [0.15, 0.2) is 0 Å². The molecule has 0 aliphatic heterocycles. The highest BCUT2D eigenvalue weighted by molar-refractivity contribution is 5.86. The molecule has 7 heteroatoms. The Morgan fingerprint density at radius 1 is 1.27 bits per heavy atom. The van der Waals surface area contributed by atoms with Crippen molar-refractivity contribution < 1.29 is 14.3 Å². The fourth-order valence-electron chi connectivity index (χ4n) is 4.49. The number of anilines is 1. The highest BCUT2D eigenvalue weighted by Crippen LogP contribution is 2.33. The first-order valence-corrected chi connectivity index (χ1v) is 10.1. The highest BCUT2D eigenvalue weighted by Gasteiger charge is 2.28. The number of imidazole rings is 1. The average molecular weight is 406 g/mol. The number of fused-ring (bicyclic) bond motifs is 1. The third-order valence-corrected chi connectivity index (χ3v) is 5.91. The number of hydrogen-bond donors (Lipinski definition) is 1. The summed E-state index contributed by atoms with van der Waals surface area (Å²) in [7, 11) is 0. The van der Waals surface area contributed by atoms with Crippen LogP contribution in [0.15, 0.2) is 48.8 Å². The van der Waals surface area contributed by atoms with Gasteiger partial charge in [0.2, 0.25) is 0 Å². The lowest BCUT2D eigenvalue weighted by Gasteiger charge is -2.32. The summed E-state index contributed by atoms with van der Waals surface area (Å²) in [5, 5.41) is 18.8. The first kappa shape index (κ1) is 19.9. The number of amides is 1. The molecule has 1 aliphatic rings. The number of nitrogens with zero attached hydrogens (tertiary/aromatic N) is 4. The summed E-state index contributed by atoms with van der Waals surface area (Å²) in [5.74, 6) is 0.0255. The van der Waals surface area contributed by atoms with Crippen LogP contribution in [0.4, 0.5) is 14.9 Å². The van der Waals surface area contributed by atoms with Gasteiger partial charge < -0.3 is 9.67 Å². The molecule has 3 aromatic rings. The van der Waals surface area contributed by atoms with Crippen molar-refractivity contribution in [1.29, 1.82) is 5.26 Å². The minimum atomic E-state index is -1.13. The third kappa shape index (κ3) is 4.13. The van der Waals surface area contributed by atoms with Crippen molar-refractivity contribution in [3.63, 3.8) is 0 Å². The average Bonchev–Trinajstić information content (AvgIpc) is 3.14. The van der Waals surface area contributed by atoms with Crippen molar-refractivity contribution in [2.75, 3.05) is 11.4 Å². The Bertz CT molecular complexity index is 1100.